The quantitative estimate of drug-likeness (QED) is 0.425. The topological polar surface area (TPSA) is 49.3 Å². The summed E-state index contributed by atoms with van der Waals surface area (Å²) >= 11 is 0. The van der Waals surface area contributed by atoms with Crippen molar-refractivity contribution < 1.29 is 9.90 Å². The molecule has 9 heavy (non-hydrogen) atoms. The molecule has 0 heterocycles. The SMILES string of the molecule is B=BN[C@@H](CO)C(C)=O. The summed E-state index contributed by atoms with van der Waals surface area (Å²) in [5.74, 6) is -0.0857. The molecule has 1 atom stereocenters. The van der Waals surface area contributed by atoms with Crippen LogP contribution in [0.3, 0.4) is 0 Å². The molecule has 0 aliphatic heterocycles. The first-order valence-electron chi connectivity index (χ1n) is 2.70. The monoisotopic (exact) mass is 125 g/mol. The van der Waals surface area contributed by atoms with Gasteiger partial charge in [-0.15, -0.1) is 0 Å². The standard InChI is InChI=1S/C4H9B2NO2/c1-3(9)4(2-8)7-6-5/h4-5,7-8H,2H2,1H3/t4-/m0/s1. The van der Waals surface area contributed by atoms with Crippen LogP contribution in [0.25, 0.3) is 0 Å². The van der Waals surface area contributed by atoms with E-state index in [1.807, 2.05) is 0 Å². The van der Waals surface area contributed by atoms with Gasteiger partial charge < -0.3 is 0 Å². The van der Waals surface area contributed by atoms with E-state index < -0.39 is 6.04 Å². The predicted octanol–water partition coefficient (Wildman–Crippen LogP) is -2.04. The van der Waals surface area contributed by atoms with E-state index in [4.69, 9.17) is 5.11 Å². The third-order valence-corrected chi connectivity index (χ3v) is 0.992. The minimum atomic E-state index is -0.484. The summed E-state index contributed by atoms with van der Waals surface area (Å²) in [4.78, 5) is 10.5. The van der Waals surface area contributed by atoms with Gasteiger partial charge >= 0.3 is 54.8 Å². The first-order valence-corrected chi connectivity index (χ1v) is 2.70. The summed E-state index contributed by atoms with van der Waals surface area (Å²) in [6.07, 6.45) is 0. The second-order valence-corrected chi connectivity index (χ2v) is 1.72. The van der Waals surface area contributed by atoms with Crippen molar-refractivity contribution in [2.45, 2.75) is 13.0 Å². The Kier molecular flexibility index (Phi) is 4.22. The molecule has 0 unspecified atom stereocenters. The molecule has 0 fully saturated rings. The van der Waals surface area contributed by atoms with Gasteiger partial charge in [0.2, 0.25) is 0 Å². The van der Waals surface area contributed by atoms with E-state index in [0.29, 0.717) is 0 Å². The molecule has 0 aliphatic rings. The summed E-state index contributed by atoms with van der Waals surface area (Å²) in [6.45, 7) is 2.63. The Morgan fingerprint density at radius 2 is 2.56 bits per heavy atom. The molecule has 0 bridgehead atoms. The third kappa shape index (κ3) is 3.19. The van der Waals surface area contributed by atoms with Crippen LogP contribution in [0.4, 0.5) is 0 Å². The molecule has 0 aromatic rings. The van der Waals surface area contributed by atoms with Crippen LogP contribution in [0.1, 0.15) is 6.92 Å². The van der Waals surface area contributed by atoms with Gasteiger partial charge in [0.15, 0.2) is 0 Å². The van der Waals surface area contributed by atoms with Crippen LogP contribution in [0.2, 0.25) is 0 Å². The van der Waals surface area contributed by atoms with Gasteiger partial charge in [0.1, 0.15) is 0 Å². The Labute approximate surface area is 55.7 Å². The van der Waals surface area contributed by atoms with Crippen LogP contribution in [-0.4, -0.2) is 37.8 Å². The first-order chi connectivity index (χ1) is 4.22. The van der Waals surface area contributed by atoms with Crippen molar-refractivity contribution in [2.75, 3.05) is 6.61 Å². The normalized spacial score (nSPS) is 11.7. The molecule has 0 aliphatic carbocycles. The summed E-state index contributed by atoms with van der Waals surface area (Å²) in [5, 5.41) is 11.1. The van der Waals surface area contributed by atoms with Gasteiger partial charge in [-0.05, 0) is 0 Å². The number of carbonyl (C=O) groups is 1. The van der Waals surface area contributed by atoms with Gasteiger partial charge in [-0.2, -0.15) is 0 Å². The number of hydrogen-bond acceptors (Lipinski definition) is 3. The van der Waals surface area contributed by atoms with E-state index in [0.717, 1.165) is 0 Å². The maximum atomic E-state index is 10.5. The molecule has 0 saturated carbocycles. The number of Topliss-reactive ketones (excluding diaryl/α,β-unsaturated/α-hetero) is 1. The van der Waals surface area contributed by atoms with E-state index in [1.165, 1.54) is 13.9 Å². The number of nitrogens with one attached hydrogen (secondary N) is 1. The fourth-order valence-corrected chi connectivity index (χ4v) is 0.441. The Morgan fingerprint density at radius 3 is 2.67 bits per heavy atom. The Bertz CT molecular complexity index is 117. The molecule has 3 nitrogen and oxygen atoms in total. The first kappa shape index (κ1) is 8.56. The number of aliphatic hydroxyl groups is 1. The Morgan fingerprint density at radius 1 is 2.00 bits per heavy atom. The molecule has 2 N–H and O–H groups in total. The van der Waals surface area contributed by atoms with Crippen LogP contribution >= 0.6 is 0 Å². The predicted molar refractivity (Wildman–Crippen MR) is 37.6 cm³/mol. The zero-order chi connectivity index (χ0) is 7.28. The van der Waals surface area contributed by atoms with E-state index in [2.05, 4.69) is 12.6 Å². The zero-order valence-corrected chi connectivity index (χ0v) is 5.42. The van der Waals surface area contributed by atoms with Crippen LogP contribution in [0.15, 0.2) is 0 Å². The number of hydrogen-bond donors (Lipinski definition) is 2. The second-order valence-electron chi connectivity index (χ2n) is 1.72. The molecule has 0 saturated heterocycles. The Balaban J connectivity index is 3.67. The van der Waals surface area contributed by atoms with Crippen molar-refractivity contribution in [3.05, 3.63) is 0 Å². The molecular weight excluding hydrogens is 116 g/mol. The van der Waals surface area contributed by atoms with Crippen LogP contribution in [0.5, 0.6) is 0 Å². The van der Waals surface area contributed by atoms with Crippen molar-refractivity contribution in [1.29, 1.82) is 0 Å². The van der Waals surface area contributed by atoms with Gasteiger partial charge in [-0.1, -0.05) is 0 Å². The van der Waals surface area contributed by atoms with E-state index >= 15 is 0 Å². The van der Waals surface area contributed by atoms with Gasteiger partial charge in [0.25, 0.3) is 0 Å². The fraction of sp³-hybridized carbons (Fsp3) is 0.750. The molecular formula is C4H9B2NO2. The van der Waals surface area contributed by atoms with Crippen molar-refractivity contribution in [2.24, 2.45) is 0 Å². The minimum absolute atomic E-state index is 0.0857. The van der Waals surface area contributed by atoms with Gasteiger partial charge in [-0.3, -0.25) is 0 Å². The third-order valence-electron chi connectivity index (χ3n) is 0.992. The average molecular weight is 125 g/mol. The van der Waals surface area contributed by atoms with Crippen LogP contribution < -0.4 is 5.23 Å². The number of aliphatic hydroxyl groups excluding tert-OH is 1. The molecule has 5 heteroatoms. The van der Waals surface area contributed by atoms with Gasteiger partial charge in [-0.25, -0.2) is 0 Å². The summed E-state index contributed by atoms with van der Waals surface area (Å²) in [6, 6.07) is -0.484. The summed E-state index contributed by atoms with van der Waals surface area (Å²) in [7, 11) is 3.36. The molecule has 0 spiro atoms. The molecule has 0 aromatic heterocycles. The van der Waals surface area contributed by atoms with Crippen LogP contribution in [0, 0.1) is 0 Å². The second kappa shape index (κ2) is 4.44. The number of carbonyl (C=O) groups excluding carboxylic acids is 1. The molecule has 0 radical (unpaired) electrons. The summed E-state index contributed by atoms with van der Waals surface area (Å²) in [5.41, 5.74) is 0. The van der Waals surface area contributed by atoms with Gasteiger partial charge in [0.05, 0.1) is 0 Å². The zero-order valence-electron chi connectivity index (χ0n) is 5.42. The van der Waals surface area contributed by atoms with Crippen LogP contribution in [-0.2, 0) is 4.79 Å². The molecule has 0 rings (SSSR count). The van der Waals surface area contributed by atoms with E-state index in [9.17, 15) is 4.79 Å². The van der Waals surface area contributed by atoms with Gasteiger partial charge in [0, 0.05) is 0 Å². The van der Waals surface area contributed by atoms with Crippen molar-refractivity contribution in [3.63, 3.8) is 0 Å². The number of ketones is 1. The number of rotatable bonds is 4. The van der Waals surface area contributed by atoms with E-state index in [1.54, 1.807) is 0 Å². The van der Waals surface area contributed by atoms with Crippen molar-refractivity contribution in [3.8, 4) is 0 Å². The van der Waals surface area contributed by atoms with Crippen molar-refractivity contribution in [1.82, 2.24) is 5.23 Å². The average Bonchev–Trinajstić information content (AvgIpc) is 1.82. The Hall–Kier alpha value is -0.440. The molecule has 0 amide bonds. The van der Waals surface area contributed by atoms with E-state index in [-0.39, 0.29) is 12.4 Å². The molecule has 0 aromatic carbocycles. The van der Waals surface area contributed by atoms with Crippen molar-refractivity contribution >= 4 is 20.1 Å². The maximum absolute atomic E-state index is 10.5. The summed E-state index contributed by atoms with van der Waals surface area (Å²) < 4.78 is 0. The molecule has 48 valence electrons. The fourth-order valence-electron chi connectivity index (χ4n) is 0.441.